The first-order chi connectivity index (χ1) is 11.4. The first-order valence-electron chi connectivity index (χ1n) is 7.08. The molecule has 8 heteroatoms. The Balaban J connectivity index is 1.95. The standard InChI is InChI=1S/C16H12ClNO6/c17-9-2-1-7(5-8(9)15(22)23)18-13(20)11-10-3-4-16(6-19,24-10)12(11)14(18)21/h1-5,10,19-21H,6H2,(H,22,23). The van der Waals surface area contributed by atoms with Gasteiger partial charge in [0.15, 0.2) is 0 Å². The highest BCUT2D eigenvalue weighted by atomic mass is 35.5. The topological polar surface area (TPSA) is 112 Å². The number of benzene rings is 1. The quantitative estimate of drug-likeness (QED) is 0.631. The van der Waals surface area contributed by atoms with E-state index < -0.39 is 24.3 Å². The van der Waals surface area contributed by atoms with Crippen LogP contribution in [0.2, 0.25) is 5.02 Å². The van der Waals surface area contributed by atoms with E-state index in [0.29, 0.717) is 5.56 Å². The van der Waals surface area contributed by atoms with E-state index in [4.69, 9.17) is 16.3 Å². The number of hydrogen-bond acceptors (Lipinski definition) is 5. The molecule has 1 aromatic carbocycles. The van der Waals surface area contributed by atoms with E-state index in [2.05, 4.69) is 0 Å². The number of fused-ring (bicyclic) bond motifs is 5. The molecule has 2 bridgehead atoms. The number of ether oxygens (including phenoxy) is 1. The minimum Gasteiger partial charge on any atom is -0.494 e. The van der Waals surface area contributed by atoms with Crippen molar-refractivity contribution in [1.82, 2.24) is 4.57 Å². The van der Waals surface area contributed by atoms with Crippen LogP contribution in [0.5, 0.6) is 11.8 Å². The maximum atomic E-state index is 11.2. The van der Waals surface area contributed by atoms with Crippen molar-refractivity contribution in [2.45, 2.75) is 11.7 Å². The third-order valence-corrected chi connectivity index (χ3v) is 4.75. The van der Waals surface area contributed by atoms with Gasteiger partial charge in [-0.05, 0) is 24.3 Å². The van der Waals surface area contributed by atoms with Gasteiger partial charge < -0.3 is 25.2 Å². The fourth-order valence-corrected chi connectivity index (χ4v) is 3.53. The van der Waals surface area contributed by atoms with E-state index in [1.165, 1.54) is 18.2 Å². The molecule has 2 aromatic rings. The summed E-state index contributed by atoms with van der Waals surface area (Å²) in [5, 5.41) is 40.0. The van der Waals surface area contributed by atoms with E-state index in [1.807, 2.05) is 0 Å². The number of aliphatic hydroxyl groups is 1. The largest absolute Gasteiger partial charge is 0.494 e. The fraction of sp³-hybridized carbons (Fsp3) is 0.188. The molecule has 0 aliphatic carbocycles. The van der Waals surface area contributed by atoms with Crippen LogP contribution in [-0.4, -0.2) is 37.6 Å². The average molecular weight is 350 g/mol. The maximum Gasteiger partial charge on any atom is 0.337 e. The van der Waals surface area contributed by atoms with Gasteiger partial charge in [0.2, 0.25) is 11.8 Å². The maximum absolute atomic E-state index is 11.2. The number of aromatic nitrogens is 1. The molecule has 0 fully saturated rings. The molecule has 24 heavy (non-hydrogen) atoms. The summed E-state index contributed by atoms with van der Waals surface area (Å²) < 4.78 is 6.75. The van der Waals surface area contributed by atoms with E-state index >= 15 is 0 Å². The van der Waals surface area contributed by atoms with Gasteiger partial charge in [-0.25, -0.2) is 4.79 Å². The Morgan fingerprint density at radius 1 is 1.33 bits per heavy atom. The predicted molar refractivity (Wildman–Crippen MR) is 82.8 cm³/mol. The molecule has 0 amide bonds. The lowest BCUT2D eigenvalue weighted by Gasteiger charge is -2.21. The summed E-state index contributed by atoms with van der Waals surface area (Å²) in [6, 6.07) is 4.10. The number of aromatic carboxylic acids is 1. The second kappa shape index (κ2) is 4.76. The van der Waals surface area contributed by atoms with Crippen molar-refractivity contribution in [3.8, 4) is 17.4 Å². The highest BCUT2D eigenvalue weighted by molar-refractivity contribution is 6.33. The molecule has 2 atom stereocenters. The monoisotopic (exact) mass is 349 g/mol. The van der Waals surface area contributed by atoms with Crippen molar-refractivity contribution in [3.05, 3.63) is 52.1 Å². The van der Waals surface area contributed by atoms with Crippen LogP contribution in [0.25, 0.3) is 5.69 Å². The van der Waals surface area contributed by atoms with E-state index in [0.717, 1.165) is 4.57 Å². The van der Waals surface area contributed by atoms with Gasteiger partial charge in [0, 0.05) is 0 Å². The van der Waals surface area contributed by atoms with Gasteiger partial charge >= 0.3 is 5.97 Å². The van der Waals surface area contributed by atoms with Crippen molar-refractivity contribution < 1.29 is 30.0 Å². The average Bonchev–Trinajstić information content (AvgIpc) is 3.19. The van der Waals surface area contributed by atoms with E-state index in [-0.39, 0.29) is 33.6 Å². The molecule has 0 saturated carbocycles. The number of carboxylic acids is 1. The highest BCUT2D eigenvalue weighted by Gasteiger charge is 2.52. The van der Waals surface area contributed by atoms with Crippen LogP contribution in [0.1, 0.15) is 27.6 Å². The number of aromatic hydroxyl groups is 2. The van der Waals surface area contributed by atoms with Crippen molar-refractivity contribution >= 4 is 17.6 Å². The SMILES string of the molecule is O=C(O)c1cc(-n2c(O)c3c(c2O)C2(CO)C=CC3O2)ccc1Cl. The van der Waals surface area contributed by atoms with Gasteiger partial charge in [-0.15, -0.1) is 0 Å². The number of aliphatic hydroxyl groups excluding tert-OH is 1. The van der Waals surface area contributed by atoms with Crippen LogP contribution >= 0.6 is 11.6 Å². The normalized spacial score (nSPS) is 23.7. The highest BCUT2D eigenvalue weighted by Crippen LogP contribution is 2.58. The Kier molecular flexibility index (Phi) is 2.99. The van der Waals surface area contributed by atoms with Crippen LogP contribution in [0.3, 0.4) is 0 Å². The third-order valence-electron chi connectivity index (χ3n) is 4.42. The van der Waals surface area contributed by atoms with Crippen molar-refractivity contribution in [2.75, 3.05) is 6.61 Å². The number of rotatable bonds is 3. The van der Waals surface area contributed by atoms with Crippen LogP contribution in [0.15, 0.2) is 30.4 Å². The summed E-state index contributed by atoms with van der Waals surface area (Å²) in [5.41, 5.74) is -0.489. The smallest absolute Gasteiger partial charge is 0.337 e. The van der Waals surface area contributed by atoms with Gasteiger partial charge in [-0.1, -0.05) is 17.7 Å². The number of hydrogen-bond donors (Lipinski definition) is 4. The van der Waals surface area contributed by atoms with Crippen LogP contribution < -0.4 is 0 Å². The van der Waals surface area contributed by atoms with Gasteiger partial charge in [0.25, 0.3) is 0 Å². The molecule has 3 heterocycles. The van der Waals surface area contributed by atoms with Gasteiger partial charge in [-0.2, -0.15) is 0 Å². The molecule has 2 unspecified atom stereocenters. The summed E-state index contributed by atoms with van der Waals surface area (Å²) in [6.07, 6.45) is 2.74. The van der Waals surface area contributed by atoms with Gasteiger partial charge in [-0.3, -0.25) is 4.57 Å². The Morgan fingerprint density at radius 3 is 2.75 bits per heavy atom. The first kappa shape index (κ1) is 15.1. The van der Waals surface area contributed by atoms with Gasteiger partial charge in [0.05, 0.1) is 34.0 Å². The Hall–Kier alpha value is -2.48. The fourth-order valence-electron chi connectivity index (χ4n) is 3.33. The molecule has 4 rings (SSSR count). The molecular formula is C16H12ClNO6. The Labute approximate surface area is 140 Å². The lowest BCUT2D eigenvalue weighted by Crippen LogP contribution is -2.25. The van der Waals surface area contributed by atoms with Crippen molar-refractivity contribution in [1.29, 1.82) is 0 Å². The van der Waals surface area contributed by atoms with E-state index in [1.54, 1.807) is 12.2 Å². The summed E-state index contributed by atoms with van der Waals surface area (Å²) >= 11 is 5.86. The minimum atomic E-state index is -1.22. The number of nitrogens with zero attached hydrogens (tertiary/aromatic N) is 1. The zero-order valence-corrected chi connectivity index (χ0v) is 12.9. The number of carbonyl (C=O) groups is 1. The van der Waals surface area contributed by atoms with Crippen LogP contribution in [0.4, 0.5) is 0 Å². The molecule has 4 N–H and O–H groups in total. The molecule has 1 aromatic heterocycles. The molecule has 7 nitrogen and oxygen atoms in total. The summed E-state index contributed by atoms with van der Waals surface area (Å²) in [7, 11) is 0. The molecule has 0 saturated heterocycles. The molecule has 124 valence electrons. The molecular weight excluding hydrogens is 338 g/mol. The Morgan fingerprint density at radius 2 is 2.08 bits per heavy atom. The zero-order valence-electron chi connectivity index (χ0n) is 12.1. The number of carboxylic acid groups (broad SMARTS) is 1. The third kappa shape index (κ3) is 1.71. The first-order valence-corrected chi connectivity index (χ1v) is 7.45. The van der Waals surface area contributed by atoms with Crippen molar-refractivity contribution in [3.63, 3.8) is 0 Å². The van der Waals surface area contributed by atoms with Crippen LogP contribution in [-0.2, 0) is 10.3 Å². The molecule has 2 aliphatic heterocycles. The molecule has 0 spiro atoms. The van der Waals surface area contributed by atoms with Gasteiger partial charge in [0.1, 0.15) is 11.7 Å². The summed E-state index contributed by atoms with van der Waals surface area (Å²) in [5.74, 6) is -1.81. The van der Waals surface area contributed by atoms with E-state index in [9.17, 15) is 25.2 Å². The Bertz CT molecular complexity index is 918. The lowest BCUT2D eigenvalue weighted by molar-refractivity contribution is -0.0414. The van der Waals surface area contributed by atoms with Crippen LogP contribution in [0, 0.1) is 0 Å². The van der Waals surface area contributed by atoms with Crippen molar-refractivity contribution in [2.24, 2.45) is 0 Å². The second-order valence-electron chi connectivity index (χ2n) is 5.69. The summed E-state index contributed by atoms with van der Waals surface area (Å²) in [6.45, 7) is -0.398. The molecule has 0 radical (unpaired) electrons. The number of halogens is 1. The zero-order chi connectivity index (χ0) is 17.2. The predicted octanol–water partition coefficient (Wildman–Crippen LogP) is 2.07. The summed E-state index contributed by atoms with van der Waals surface area (Å²) in [4.78, 5) is 11.2. The minimum absolute atomic E-state index is 0.0434. The lowest BCUT2D eigenvalue weighted by atomic mass is 9.90. The second-order valence-corrected chi connectivity index (χ2v) is 6.09. The molecule has 2 aliphatic rings.